The van der Waals surface area contributed by atoms with Crippen molar-refractivity contribution in [1.29, 1.82) is 0 Å². The van der Waals surface area contributed by atoms with Crippen LogP contribution in [0.15, 0.2) is 4.42 Å². The molecule has 1 aromatic rings. The van der Waals surface area contributed by atoms with E-state index in [0.29, 0.717) is 11.7 Å². The van der Waals surface area contributed by atoms with Crippen LogP contribution in [0.5, 0.6) is 0 Å². The Labute approximate surface area is 88.6 Å². The zero-order chi connectivity index (χ0) is 11.6. The van der Waals surface area contributed by atoms with Gasteiger partial charge in [0.25, 0.3) is 0 Å². The lowest BCUT2D eigenvalue weighted by atomic mass is 10.1. The SMILES string of the molecule is COC(=O)c1nc([C@@H](N)C(C)C)oc1C. The van der Waals surface area contributed by atoms with Crippen LogP contribution in [-0.4, -0.2) is 18.1 Å². The zero-order valence-corrected chi connectivity index (χ0v) is 9.40. The molecular formula is C10H16N2O3. The molecule has 0 radical (unpaired) electrons. The molecule has 5 nitrogen and oxygen atoms in total. The normalized spacial score (nSPS) is 12.9. The van der Waals surface area contributed by atoms with Crippen LogP contribution in [0, 0.1) is 12.8 Å². The molecule has 0 saturated heterocycles. The Morgan fingerprint density at radius 1 is 1.53 bits per heavy atom. The van der Waals surface area contributed by atoms with Crippen LogP contribution >= 0.6 is 0 Å². The van der Waals surface area contributed by atoms with Crippen molar-refractivity contribution in [1.82, 2.24) is 4.98 Å². The maximum Gasteiger partial charge on any atom is 0.360 e. The van der Waals surface area contributed by atoms with Gasteiger partial charge in [-0.05, 0) is 12.8 Å². The molecule has 5 heteroatoms. The van der Waals surface area contributed by atoms with E-state index in [-0.39, 0.29) is 17.7 Å². The van der Waals surface area contributed by atoms with E-state index in [1.165, 1.54) is 7.11 Å². The minimum Gasteiger partial charge on any atom is -0.464 e. The van der Waals surface area contributed by atoms with Gasteiger partial charge in [-0.3, -0.25) is 0 Å². The quantitative estimate of drug-likeness (QED) is 0.767. The van der Waals surface area contributed by atoms with Crippen LogP contribution in [0.1, 0.15) is 42.0 Å². The third kappa shape index (κ3) is 2.36. The lowest BCUT2D eigenvalue weighted by Gasteiger charge is -2.10. The molecule has 0 amide bonds. The summed E-state index contributed by atoms with van der Waals surface area (Å²) in [5.74, 6) is 0.517. The van der Waals surface area contributed by atoms with E-state index in [2.05, 4.69) is 9.72 Å². The first-order valence-corrected chi connectivity index (χ1v) is 4.78. The highest BCUT2D eigenvalue weighted by molar-refractivity contribution is 5.88. The summed E-state index contributed by atoms with van der Waals surface area (Å²) in [6, 6.07) is -0.304. The Morgan fingerprint density at radius 2 is 2.13 bits per heavy atom. The highest BCUT2D eigenvalue weighted by Crippen LogP contribution is 2.21. The fourth-order valence-corrected chi connectivity index (χ4v) is 1.13. The number of aromatic nitrogens is 1. The highest BCUT2D eigenvalue weighted by atomic mass is 16.5. The van der Waals surface area contributed by atoms with Crippen molar-refractivity contribution in [2.75, 3.05) is 7.11 Å². The number of nitrogens with two attached hydrogens (primary N) is 1. The molecule has 0 aliphatic rings. The second kappa shape index (κ2) is 4.44. The molecule has 1 heterocycles. The van der Waals surface area contributed by atoms with Gasteiger partial charge in [0.2, 0.25) is 5.89 Å². The first-order chi connectivity index (χ1) is 6.97. The van der Waals surface area contributed by atoms with Gasteiger partial charge in [0.1, 0.15) is 5.76 Å². The first-order valence-electron chi connectivity index (χ1n) is 4.78. The predicted octanol–water partition coefficient (Wildman–Crippen LogP) is 1.43. The van der Waals surface area contributed by atoms with Crippen LogP contribution in [0.25, 0.3) is 0 Å². The largest absolute Gasteiger partial charge is 0.464 e. The predicted molar refractivity (Wildman–Crippen MR) is 54.3 cm³/mol. The molecule has 0 aliphatic carbocycles. The van der Waals surface area contributed by atoms with Crippen molar-refractivity contribution >= 4 is 5.97 Å². The van der Waals surface area contributed by atoms with Gasteiger partial charge in [-0.2, -0.15) is 0 Å². The molecule has 0 unspecified atom stereocenters. The molecule has 1 rings (SSSR count). The van der Waals surface area contributed by atoms with Crippen molar-refractivity contribution in [2.45, 2.75) is 26.8 Å². The Morgan fingerprint density at radius 3 is 2.60 bits per heavy atom. The number of ether oxygens (including phenoxy) is 1. The van der Waals surface area contributed by atoms with E-state index in [1.807, 2.05) is 13.8 Å². The van der Waals surface area contributed by atoms with Crippen LogP contribution in [-0.2, 0) is 4.74 Å². The Balaban J connectivity index is 3.00. The Kier molecular flexibility index (Phi) is 3.47. The summed E-state index contributed by atoms with van der Waals surface area (Å²) < 4.78 is 9.89. The van der Waals surface area contributed by atoms with Crippen LogP contribution in [0.3, 0.4) is 0 Å². The van der Waals surface area contributed by atoms with E-state index >= 15 is 0 Å². The number of esters is 1. The molecule has 15 heavy (non-hydrogen) atoms. The zero-order valence-electron chi connectivity index (χ0n) is 9.40. The molecule has 1 atom stereocenters. The third-order valence-corrected chi connectivity index (χ3v) is 2.20. The number of methoxy groups -OCH3 is 1. The van der Waals surface area contributed by atoms with E-state index in [1.54, 1.807) is 6.92 Å². The number of carbonyl (C=O) groups excluding carboxylic acids is 1. The maximum absolute atomic E-state index is 11.3. The van der Waals surface area contributed by atoms with Gasteiger partial charge in [0, 0.05) is 0 Å². The molecule has 2 N–H and O–H groups in total. The average Bonchev–Trinajstić information content (AvgIpc) is 2.57. The van der Waals surface area contributed by atoms with Gasteiger partial charge in [0.15, 0.2) is 5.69 Å². The minimum atomic E-state index is -0.501. The Bertz CT molecular complexity index is 358. The van der Waals surface area contributed by atoms with Crippen molar-refractivity contribution in [3.63, 3.8) is 0 Å². The summed E-state index contributed by atoms with van der Waals surface area (Å²) >= 11 is 0. The summed E-state index contributed by atoms with van der Waals surface area (Å²) in [7, 11) is 1.30. The summed E-state index contributed by atoms with van der Waals surface area (Å²) in [4.78, 5) is 15.3. The third-order valence-electron chi connectivity index (χ3n) is 2.20. The number of oxazole rings is 1. The van der Waals surface area contributed by atoms with E-state index in [0.717, 1.165) is 0 Å². The molecule has 0 bridgehead atoms. The molecule has 0 saturated carbocycles. The summed E-state index contributed by atoms with van der Waals surface area (Å²) in [5, 5.41) is 0. The van der Waals surface area contributed by atoms with Gasteiger partial charge in [-0.15, -0.1) is 0 Å². The average molecular weight is 212 g/mol. The maximum atomic E-state index is 11.3. The second-order valence-electron chi connectivity index (χ2n) is 3.72. The molecule has 0 aromatic carbocycles. The van der Waals surface area contributed by atoms with Gasteiger partial charge in [-0.25, -0.2) is 9.78 Å². The van der Waals surface area contributed by atoms with Crippen molar-refractivity contribution in [2.24, 2.45) is 11.7 Å². The Hall–Kier alpha value is -1.36. The number of nitrogens with zero attached hydrogens (tertiary/aromatic N) is 1. The number of rotatable bonds is 3. The number of hydrogen-bond acceptors (Lipinski definition) is 5. The van der Waals surface area contributed by atoms with E-state index in [9.17, 15) is 4.79 Å². The molecule has 1 aromatic heterocycles. The van der Waals surface area contributed by atoms with Crippen molar-refractivity contribution in [3.8, 4) is 0 Å². The van der Waals surface area contributed by atoms with Gasteiger partial charge in [-0.1, -0.05) is 13.8 Å². The van der Waals surface area contributed by atoms with Gasteiger partial charge in [0.05, 0.1) is 13.2 Å². The topological polar surface area (TPSA) is 78.3 Å². The monoisotopic (exact) mass is 212 g/mol. The van der Waals surface area contributed by atoms with E-state index < -0.39 is 5.97 Å². The number of carbonyl (C=O) groups is 1. The fourth-order valence-electron chi connectivity index (χ4n) is 1.13. The minimum absolute atomic E-state index is 0.198. The summed E-state index contributed by atoms with van der Waals surface area (Å²) in [6.45, 7) is 5.58. The standard InChI is InChI=1S/C10H16N2O3/c1-5(2)7(11)9-12-8(6(3)15-9)10(13)14-4/h5,7H,11H2,1-4H3/t7-/m0/s1. The molecular weight excluding hydrogens is 196 g/mol. The molecule has 0 aliphatic heterocycles. The number of aryl methyl sites for hydroxylation is 1. The van der Waals surface area contributed by atoms with Gasteiger partial charge >= 0.3 is 5.97 Å². The van der Waals surface area contributed by atoms with Crippen LogP contribution < -0.4 is 5.73 Å². The van der Waals surface area contributed by atoms with Crippen LogP contribution in [0.4, 0.5) is 0 Å². The summed E-state index contributed by atoms with van der Waals surface area (Å²) in [6.07, 6.45) is 0. The molecule has 0 spiro atoms. The fraction of sp³-hybridized carbons (Fsp3) is 0.600. The van der Waals surface area contributed by atoms with Crippen molar-refractivity contribution in [3.05, 3.63) is 17.3 Å². The molecule has 84 valence electrons. The first kappa shape index (κ1) is 11.7. The van der Waals surface area contributed by atoms with Crippen LogP contribution in [0.2, 0.25) is 0 Å². The summed E-state index contributed by atoms with van der Waals surface area (Å²) in [5.41, 5.74) is 6.05. The number of hydrogen-bond donors (Lipinski definition) is 1. The lowest BCUT2D eigenvalue weighted by molar-refractivity contribution is 0.0593. The van der Waals surface area contributed by atoms with Crippen molar-refractivity contribution < 1.29 is 13.9 Å². The lowest BCUT2D eigenvalue weighted by Crippen LogP contribution is -2.17. The smallest absolute Gasteiger partial charge is 0.360 e. The van der Waals surface area contributed by atoms with Gasteiger partial charge < -0.3 is 14.9 Å². The second-order valence-corrected chi connectivity index (χ2v) is 3.72. The van der Waals surface area contributed by atoms with E-state index in [4.69, 9.17) is 10.2 Å². The highest BCUT2D eigenvalue weighted by Gasteiger charge is 2.22. The molecule has 0 fully saturated rings.